The Bertz CT molecular complexity index is 250. The van der Waals surface area contributed by atoms with Gasteiger partial charge in [-0.3, -0.25) is 4.79 Å². The van der Waals surface area contributed by atoms with Gasteiger partial charge < -0.3 is 20.9 Å². The molecule has 0 heterocycles. The van der Waals surface area contributed by atoms with Gasteiger partial charge in [0.2, 0.25) is 5.91 Å². The molecule has 0 saturated heterocycles. The van der Waals surface area contributed by atoms with Crippen LogP contribution in [0.2, 0.25) is 0 Å². The van der Waals surface area contributed by atoms with E-state index in [-0.39, 0.29) is 0 Å². The van der Waals surface area contributed by atoms with E-state index < -0.39 is 24.0 Å². The van der Waals surface area contributed by atoms with Crippen LogP contribution in [-0.4, -0.2) is 54.8 Å². The second kappa shape index (κ2) is 9.26. The molecule has 0 saturated carbocycles. The van der Waals surface area contributed by atoms with Crippen LogP contribution in [0.3, 0.4) is 0 Å². The molecule has 0 bridgehead atoms. The van der Waals surface area contributed by atoms with Crippen LogP contribution in [0.4, 0.5) is 0 Å². The van der Waals surface area contributed by atoms with Crippen LogP contribution in [0.15, 0.2) is 0 Å². The highest BCUT2D eigenvalue weighted by Crippen LogP contribution is 2.02. The number of nitrogens with one attached hydrogen (secondary N) is 1. The number of hydrogen-bond donors (Lipinski definition) is 3. The Balaban J connectivity index is 4.15. The summed E-state index contributed by atoms with van der Waals surface area (Å²) in [6, 6.07) is -1.60. The normalized spacial score (nSPS) is 14.1. The van der Waals surface area contributed by atoms with Gasteiger partial charge in [0.15, 0.2) is 0 Å². The van der Waals surface area contributed by atoms with Crippen molar-refractivity contribution >= 4 is 23.6 Å². The molecule has 0 aromatic rings. The van der Waals surface area contributed by atoms with E-state index in [4.69, 9.17) is 15.6 Å². The summed E-state index contributed by atoms with van der Waals surface area (Å²) >= 11 is 1.53. The molecule has 17 heavy (non-hydrogen) atoms. The van der Waals surface area contributed by atoms with Crippen LogP contribution in [0.5, 0.6) is 0 Å². The molecule has 7 heteroatoms. The predicted octanol–water partition coefficient (Wildman–Crippen LogP) is -0.327. The summed E-state index contributed by atoms with van der Waals surface area (Å²) in [4.78, 5) is 22.5. The first-order valence-electron chi connectivity index (χ1n) is 5.29. The molecule has 0 spiro atoms. The van der Waals surface area contributed by atoms with Crippen molar-refractivity contribution in [2.75, 3.05) is 25.7 Å². The van der Waals surface area contributed by atoms with E-state index in [1.165, 1.54) is 18.9 Å². The Kier molecular flexibility index (Phi) is 8.83. The summed E-state index contributed by atoms with van der Waals surface area (Å²) in [5, 5.41) is 11.3. The number of carbonyl (C=O) groups is 2. The lowest BCUT2D eigenvalue weighted by Gasteiger charge is -2.17. The topological polar surface area (TPSA) is 102 Å². The van der Waals surface area contributed by atoms with Gasteiger partial charge in [-0.15, -0.1) is 0 Å². The van der Waals surface area contributed by atoms with Gasteiger partial charge in [0.25, 0.3) is 0 Å². The lowest BCUT2D eigenvalue weighted by atomic mass is 10.1. The minimum Gasteiger partial charge on any atom is -0.480 e. The number of carbonyl (C=O) groups excluding carboxylic acids is 1. The Morgan fingerprint density at radius 2 is 2.12 bits per heavy atom. The molecule has 4 N–H and O–H groups in total. The van der Waals surface area contributed by atoms with E-state index in [2.05, 4.69) is 5.32 Å². The minimum atomic E-state index is -1.04. The summed E-state index contributed by atoms with van der Waals surface area (Å²) in [7, 11) is 1.52. The van der Waals surface area contributed by atoms with Crippen LogP contribution in [0.25, 0.3) is 0 Å². The Morgan fingerprint density at radius 3 is 2.59 bits per heavy atom. The van der Waals surface area contributed by atoms with Gasteiger partial charge in [0.05, 0.1) is 6.04 Å². The van der Waals surface area contributed by atoms with Crippen molar-refractivity contribution in [1.29, 1.82) is 0 Å². The van der Waals surface area contributed by atoms with Crippen LogP contribution >= 0.6 is 11.8 Å². The number of methoxy groups -OCH3 is 1. The standard InChI is InChI=1S/C10H20N2O4S/c1-16-5-3-7(11)9(13)12-8(10(14)15)4-6-17-2/h7-8H,3-6,11H2,1-2H3,(H,12,13)(H,14,15). The number of amides is 1. The van der Waals surface area contributed by atoms with Gasteiger partial charge in [-0.2, -0.15) is 11.8 Å². The third-order valence-electron chi connectivity index (χ3n) is 2.19. The number of carboxylic acid groups (broad SMARTS) is 1. The molecule has 1 amide bonds. The molecule has 0 aromatic carbocycles. The van der Waals surface area contributed by atoms with Crippen LogP contribution < -0.4 is 11.1 Å². The molecule has 0 aliphatic rings. The first-order valence-corrected chi connectivity index (χ1v) is 6.69. The van der Waals surface area contributed by atoms with Crippen LogP contribution in [0.1, 0.15) is 12.8 Å². The quantitative estimate of drug-likeness (QED) is 0.527. The van der Waals surface area contributed by atoms with Crippen molar-refractivity contribution in [3.05, 3.63) is 0 Å². The summed E-state index contributed by atoms with van der Waals surface area (Å²) < 4.78 is 4.80. The van der Waals surface area contributed by atoms with E-state index in [9.17, 15) is 9.59 Å². The fourth-order valence-electron chi connectivity index (χ4n) is 1.15. The van der Waals surface area contributed by atoms with E-state index >= 15 is 0 Å². The maximum absolute atomic E-state index is 11.6. The van der Waals surface area contributed by atoms with Crippen molar-refractivity contribution < 1.29 is 19.4 Å². The first-order chi connectivity index (χ1) is 8.02. The lowest BCUT2D eigenvalue weighted by Crippen LogP contribution is -2.48. The van der Waals surface area contributed by atoms with Gasteiger partial charge in [0.1, 0.15) is 6.04 Å². The molecule has 0 rings (SSSR count). The first kappa shape index (κ1) is 16.2. The predicted molar refractivity (Wildman–Crippen MR) is 67.0 cm³/mol. The number of aliphatic carboxylic acids is 1. The zero-order chi connectivity index (χ0) is 13.3. The molecule has 100 valence electrons. The largest absolute Gasteiger partial charge is 0.480 e. The van der Waals surface area contributed by atoms with E-state index in [0.717, 1.165) is 0 Å². The third-order valence-corrected chi connectivity index (χ3v) is 2.84. The molecule has 6 nitrogen and oxygen atoms in total. The molecule has 0 radical (unpaired) electrons. The van der Waals surface area contributed by atoms with E-state index in [1.807, 2.05) is 6.26 Å². The molecular weight excluding hydrogens is 244 g/mol. The number of nitrogens with two attached hydrogens (primary N) is 1. The second-order valence-corrected chi connectivity index (χ2v) is 4.55. The summed E-state index contributed by atoms with van der Waals surface area (Å²) in [6.07, 6.45) is 2.64. The molecule has 2 unspecified atom stereocenters. The fourth-order valence-corrected chi connectivity index (χ4v) is 1.62. The Labute approximate surface area is 105 Å². The summed E-state index contributed by atoms with van der Waals surface area (Å²) in [5.41, 5.74) is 5.59. The number of thioether (sulfide) groups is 1. The maximum Gasteiger partial charge on any atom is 0.326 e. The van der Waals surface area contributed by atoms with Gasteiger partial charge >= 0.3 is 5.97 Å². The van der Waals surface area contributed by atoms with Gasteiger partial charge in [0, 0.05) is 13.7 Å². The number of rotatable bonds is 9. The van der Waals surface area contributed by atoms with Gasteiger partial charge in [-0.05, 0) is 24.9 Å². The highest BCUT2D eigenvalue weighted by Gasteiger charge is 2.22. The minimum absolute atomic E-state index is 0.372. The van der Waals surface area contributed by atoms with E-state index in [0.29, 0.717) is 25.2 Å². The summed E-state index contributed by atoms with van der Waals surface area (Å²) in [5.74, 6) is -0.813. The zero-order valence-electron chi connectivity index (χ0n) is 10.1. The third kappa shape index (κ3) is 7.19. The second-order valence-electron chi connectivity index (χ2n) is 3.57. The molecule has 0 fully saturated rings. The van der Waals surface area contributed by atoms with Gasteiger partial charge in [-0.1, -0.05) is 0 Å². The maximum atomic E-state index is 11.6. The van der Waals surface area contributed by atoms with Crippen molar-refractivity contribution in [3.63, 3.8) is 0 Å². The number of carboxylic acids is 1. The fraction of sp³-hybridized carbons (Fsp3) is 0.800. The zero-order valence-corrected chi connectivity index (χ0v) is 11.0. The average molecular weight is 264 g/mol. The van der Waals surface area contributed by atoms with E-state index in [1.54, 1.807) is 0 Å². The van der Waals surface area contributed by atoms with Crippen molar-refractivity contribution in [3.8, 4) is 0 Å². The molecule has 0 aliphatic carbocycles. The number of hydrogen-bond acceptors (Lipinski definition) is 5. The monoisotopic (exact) mass is 264 g/mol. The molecule has 2 atom stereocenters. The molecular formula is C10H20N2O4S. The highest BCUT2D eigenvalue weighted by molar-refractivity contribution is 7.98. The SMILES string of the molecule is COCCC(N)C(=O)NC(CCSC)C(=O)O. The number of ether oxygens (including phenoxy) is 1. The molecule has 0 aromatic heterocycles. The van der Waals surface area contributed by atoms with Crippen molar-refractivity contribution in [2.45, 2.75) is 24.9 Å². The van der Waals surface area contributed by atoms with Crippen LogP contribution in [-0.2, 0) is 14.3 Å². The van der Waals surface area contributed by atoms with Crippen LogP contribution in [0, 0.1) is 0 Å². The summed E-state index contributed by atoms with van der Waals surface area (Å²) in [6.45, 7) is 0.372. The van der Waals surface area contributed by atoms with Crippen molar-refractivity contribution in [1.82, 2.24) is 5.32 Å². The Hall–Kier alpha value is -0.790. The highest BCUT2D eigenvalue weighted by atomic mass is 32.2. The Morgan fingerprint density at radius 1 is 1.47 bits per heavy atom. The van der Waals surface area contributed by atoms with Crippen molar-refractivity contribution in [2.24, 2.45) is 5.73 Å². The average Bonchev–Trinajstić information content (AvgIpc) is 2.30. The smallest absolute Gasteiger partial charge is 0.326 e. The van der Waals surface area contributed by atoms with Gasteiger partial charge in [-0.25, -0.2) is 4.79 Å². The lowest BCUT2D eigenvalue weighted by molar-refractivity contribution is -0.142. The molecule has 0 aliphatic heterocycles.